The second-order valence-corrected chi connectivity index (χ2v) is 7.11. The van der Waals surface area contributed by atoms with Gasteiger partial charge in [0.25, 0.3) is 11.8 Å². The Balaban J connectivity index is 1.68. The van der Waals surface area contributed by atoms with E-state index in [2.05, 4.69) is 4.90 Å². The maximum Gasteiger partial charge on any atom is 0.261 e. The van der Waals surface area contributed by atoms with E-state index in [0.29, 0.717) is 17.5 Å². The first-order chi connectivity index (χ1) is 12.0. The molecule has 1 saturated heterocycles. The molecule has 3 aliphatic rings. The molecular formula is C20H21FN2O2. The Kier molecular flexibility index (Phi) is 3.84. The third kappa shape index (κ3) is 2.37. The van der Waals surface area contributed by atoms with E-state index in [-0.39, 0.29) is 30.2 Å². The van der Waals surface area contributed by atoms with Crippen molar-refractivity contribution in [2.24, 2.45) is 5.41 Å². The van der Waals surface area contributed by atoms with E-state index in [0.717, 1.165) is 19.5 Å². The maximum absolute atomic E-state index is 15.0. The van der Waals surface area contributed by atoms with Gasteiger partial charge in [0.1, 0.15) is 5.83 Å². The van der Waals surface area contributed by atoms with Crippen molar-refractivity contribution in [2.75, 3.05) is 19.6 Å². The lowest BCUT2D eigenvalue weighted by atomic mass is 9.72. The van der Waals surface area contributed by atoms with E-state index in [1.165, 1.54) is 11.0 Å². The molecule has 2 atom stereocenters. The number of amides is 2. The van der Waals surface area contributed by atoms with Crippen molar-refractivity contribution in [1.29, 1.82) is 0 Å². The van der Waals surface area contributed by atoms with Crippen LogP contribution in [0.5, 0.6) is 0 Å². The average molecular weight is 340 g/mol. The van der Waals surface area contributed by atoms with Crippen molar-refractivity contribution in [1.82, 2.24) is 9.80 Å². The number of imide groups is 1. The smallest absolute Gasteiger partial charge is 0.261 e. The van der Waals surface area contributed by atoms with Gasteiger partial charge in [0.15, 0.2) is 0 Å². The van der Waals surface area contributed by atoms with Crippen LogP contribution in [0.2, 0.25) is 0 Å². The number of likely N-dealkylation sites (tertiary alicyclic amines) is 1. The molecule has 2 aliphatic heterocycles. The number of rotatable bonds is 4. The van der Waals surface area contributed by atoms with Crippen LogP contribution in [-0.2, 0) is 0 Å². The summed E-state index contributed by atoms with van der Waals surface area (Å²) >= 11 is 0. The minimum Gasteiger partial charge on any atom is -0.300 e. The summed E-state index contributed by atoms with van der Waals surface area (Å²) in [6.45, 7) is 3.94. The third-order valence-electron chi connectivity index (χ3n) is 5.89. The van der Waals surface area contributed by atoms with Crippen molar-refractivity contribution in [2.45, 2.75) is 25.8 Å². The van der Waals surface area contributed by atoms with Crippen LogP contribution in [0, 0.1) is 5.41 Å². The average Bonchev–Trinajstić information content (AvgIpc) is 2.80. The Labute approximate surface area is 146 Å². The first kappa shape index (κ1) is 16.2. The molecule has 0 aromatic heterocycles. The molecular weight excluding hydrogens is 319 g/mol. The van der Waals surface area contributed by atoms with E-state index in [4.69, 9.17) is 0 Å². The van der Waals surface area contributed by atoms with Gasteiger partial charge >= 0.3 is 0 Å². The second kappa shape index (κ2) is 5.92. The lowest BCUT2D eigenvalue weighted by Crippen LogP contribution is -2.57. The first-order valence-corrected chi connectivity index (χ1v) is 8.77. The van der Waals surface area contributed by atoms with Gasteiger partial charge in [0, 0.05) is 12.6 Å². The monoisotopic (exact) mass is 340 g/mol. The molecule has 2 amide bonds. The minimum atomic E-state index is -0.872. The number of carbonyl (C=O) groups is 2. The highest BCUT2D eigenvalue weighted by Crippen LogP contribution is 2.44. The van der Waals surface area contributed by atoms with Gasteiger partial charge < -0.3 is 0 Å². The SMILES string of the molecule is CC(N1CCC1)C1(CN2C(=O)c3ccccc3C2=O)CC=CC=C1F. The highest BCUT2D eigenvalue weighted by atomic mass is 19.1. The first-order valence-electron chi connectivity index (χ1n) is 8.77. The summed E-state index contributed by atoms with van der Waals surface area (Å²) in [5.74, 6) is -0.887. The maximum atomic E-state index is 15.0. The summed E-state index contributed by atoms with van der Waals surface area (Å²) in [5, 5.41) is 0. The fourth-order valence-electron chi connectivity index (χ4n) is 4.08. The van der Waals surface area contributed by atoms with Crippen molar-refractivity contribution < 1.29 is 14.0 Å². The molecule has 2 unspecified atom stereocenters. The summed E-state index contributed by atoms with van der Waals surface area (Å²) in [6, 6.07) is 6.74. The van der Waals surface area contributed by atoms with Crippen molar-refractivity contribution in [3.63, 3.8) is 0 Å². The lowest BCUT2D eigenvalue weighted by molar-refractivity contribution is 0.0168. The highest BCUT2D eigenvalue weighted by molar-refractivity contribution is 6.21. The Morgan fingerprint density at radius 1 is 1.16 bits per heavy atom. The number of hydrogen-bond acceptors (Lipinski definition) is 3. The van der Waals surface area contributed by atoms with Crippen LogP contribution in [-0.4, -0.2) is 47.3 Å². The van der Waals surface area contributed by atoms with Crippen LogP contribution in [0.4, 0.5) is 4.39 Å². The predicted octanol–water partition coefficient (Wildman–Crippen LogP) is 3.18. The van der Waals surface area contributed by atoms with Crippen LogP contribution < -0.4 is 0 Å². The summed E-state index contributed by atoms with van der Waals surface area (Å²) in [5.41, 5.74) is -0.0484. The second-order valence-electron chi connectivity index (χ2n) is 7.11. The molecule has 1 aromatic rings. The Hall–Kier alpha value is -2.27. The summed E-state index contributed by atoms with van der Waals surface area (Å²) in [7, 11) is 0. The van der Waals surface area contributed by atoms with Gasteiger partial charge in [-0.15, -0.1) is 0 Å². The normalized spacial score (nSPS) is 27.1. The van der Waals surface area contributed by atoms with Gasteiger partial charge in [-0.3, -0.25) is 19.4 Å². The molecule has 0 N–H and O–H groups in total. The van der Waals surface area contributed by atoms with Gasteiger partial charge in [-0.1, -0.05) is 24.3 Å². The molecule has 130 valence electrons. The number of benzene rings is 1. The number of fused-ring (bicyclic) bond motifs is 1. The van der Waals surface area contributed by atoms with Crippen molar-refractivity contribution in [3.8, 4) is 0 Å². The fourth-order valence-corrected chi connectivity index (χ4v) is 4.08. The van der Waals surface area contributed by atoms with E-state index in [1.807, 2.05) is 13.0 Å². The van der Waals surface area contributed by atoms with E-state index in [9.17, 15) is 9.59 Å². The number of halogens is 1. The molecule has 2 heterocycles. The topological polar surface area (TPSA) is 40.6 Å². The minimum absolute atomic E-state index is 0.0731. The predicted molar refractivity (Wildman–Crippen MR) is 92.8 cm³/mol. The molecule has 1 fully saturated rings. The fraction of sp³-hybridized carbons (Fsp3) is 0.400. The molecule has 1 aromatic carbocycles. The standard InChI is InChI=1S/C20H21FN2O2/c1-14(22-11-6-12-22)20(10-5-4-9-17(20)21)13-23-18(24)15-7-2-3-8-16(15)19(23)25/h2-5,7-9,14H,6,10-13H2,1H3. The van der Waals surface area contributed by atoms with Crippen LogP contribution in [0.1, 0.15) is 40.5 Å². The van der Waals surface area contributed by atoms with Crippen molar-refractivity contribution in [3.05, 3.63) is 59.4 Å². The molecule has 0 radical (unpaired) electrons. The molecule has 0 saturated carbocycles. The van der Waals surface area contributed by atoms with Crippen LogP contribution >= 0.6 is 0 Å². The number of hydrogen-bond donors (Lipinski definition) is 0. The summed E-state index contributed by atoms with van der Waals surface area (Å²) in [6.07, 6.45) is 6.70. The largest absolute Gasteiger partial charge is 0.300 e. The Morgan fingerprint density at radius 3 is 2.32 bits per heavy atom. The van der Waals surface area contributed by atoms with Crippen LogP contribution in [0.15, 0.2) is 48.3 Å². The lowest BCUT2D eigenvalue weighted by Gasteiger charge is -2.48. The van der Waals surface area contributed by atoms with Crippen molar-refractivity contribution >= 4 is 11.8 Å². The molecule has 4 rings (SSSR count). The number of nitrogens with zero attached hydrogens (tertiary/aromatic N) is 2. The van der Waals surface area contributed by atoms with Gasteiger partial charge in [-0.05, 0) is 51.1 Å². The number of allylic oxidation sites excluding steroid dienone is 3. The molecule has 4 nitrogen and oxygen atoms in total. The van der Waals surface area contributed by atoms with Gasteiger partial charge in [-0.25, -0.2) is 4.39 Å². The molecule has 25 heavy (non-hydrogen) atoms. The molecule has 0 bridgehead atoms. The van der Waals surface area contributed by atoms with E-state index < -0.39 is 5.41 Å². The Morgan fingerprint density at radius 2 is 1.80 bits per heavy atom. The molecule has 5 heteroatoms. The zero-order valence-corrected chi connectivity index (χ0v) is 14.2. The zero-order chi connectivity index (χ0) is 17.6. The number of carbonyl (C=O) groups excluding carboxylic acids is 2. The quantitative estimate of drug-likeness (QED) is 0.791. The van der Waals surface area contributed by atoms with Crippen LogP contribution in [0.25, 0.3) is 0 Å². The van der Waals surface area contributed by atoms with E-state index in [1.54, 1.807) is 30.3 Å². The zero-order valence-electron chi connectivity index (χ0n) is 14.2. The molecule has 0 spiro atoms. The Bertz CT molecular complexity index is 762. The van der Waals surface area contributed by atoms with Gasteiger partial charge in [0.05, 0.1) is 16.5 Å². The van der Waals surface area contributed by atoms with Gasteiger partial charge in [-0.2, -0.15) is 0 Å². The highest BCUT2D eigenvalue weighted by Gasteiger charge is 2.49. The van der Waals surface area contributed by atoms with Crippen LogP contribution in [0.3, 0.4) is 0 Å². The summed E-state index contributed by atoms with van der Waals surface area (Å²) < 4.78 is 15.0. The molecule has 1 aliphatic carbocycles. The van der Waals surface area contributed by atoms with E-state index >= 15 is 4.39 Å². The van der Waals surface area contributed by atoms with Gasteiger partial charge in [0.2, 0.25) is 0 Å². The third-order valence-corrected chi connectivity index (χ3v) is 5.89. The summed E-state index contributed by atoms with van der Waals surface area (Å²) in [4.78, 5) is 28.9.